The second kappa shape index (κ2) is 8.16. The maximum Gasteiger partial charge on any atom is 0.416 e. The Kier molecular flexibility index (Phi) is 6.17. The topological polar surface area (TPSA) is 52.6 Å². The summed E-state index contributed by atoms with van der Waals surface area (Å²) in [5.41, 5.74) is -0.989. The molecule has 1 heterocycles. The lowest BCUT2D eigenvalue weighted by Gasteiger charge is -2.37. The first kappa shape index (κ1) is 21.9. The summed E-state index contributed by atoms with van der Waals surface area (Å²) in [4.78, 5) is -0.339. The van der Waals surface area contributed by atoms with E-state index in [-0.39, 0.29) is 31.0 Å². The summed E-state index contributed by atoms with van der Waals surface area (Å²) in [6.45, 7) is 1.83. The highest BCUT2D eigenvalue weighted by Gasteiger charge is 2.45. The maximum absolute atomic E-state index is 13.2. The van der Waals surface area contributed by atoms with Crippen molar-refractivity contribution >= 4 is 21.4 Å². The first-order chi connectivity index (χ1) is 13.5. The summed E-state index contributed by atoms with van der Waals surface area (Å²) < 4.78 is 75.4. The van der Waals surface area contributed by atoms with Gasteiger partial charge in [-0.25, -0.2) is 8.42 Å². The normalized spacial score (nSPS) is 23.0. The first-order valence-electron chi connectivity index (χ1n) is 8.93. The largest absolute Gasteiger partial charge is 0.491 e. The maximum atomic E-state index is 13.2. The van der Waals surface area contributed by atoms with Gasteiger partial charge in [-0.05, 0) is 62.2 Å². The molecule has 4 nitrogen and oxygen atoms in total. The van der Waals surface area contributed by atoms with Gasteiger partial charge in [0.15, 0.2) is 9.84 Å². The van der Waals surface area contributed by atoms with Gasteiger partial charge in [-0.1, -0.05) is 17.7 Å². The van der Waals surface area contributed by atoms with Crippen LogP contribution in [0.15, 0.2) is 53.4 Å². The Morgan fingerprint density at radius 3 is 2.55 bits per heavy atom. The molecule has 1 saturated heterocycles. The van der Waals surface area contributed by atoms with Crippen LogP contribution in [0, 0.1) is 0 Å². The monoisotopic (exact) mass is 448 g/mol. The van der Waals surface area contributed by atoms with E-state index in [4.69, 9.17) is 21.1 Å². The van der Waals surface area contributed by atoms with Gasteiger partial charge in [0, 0.05) is 11.6 Å². The van der Waals surface area contributed by atoms with Crippen LogP contribution in [0.3, 0.4) is 0 Å². The van der Waals surface area contributed by atoms with E-state index in [2.05, 4.69) is 0 Å². The molecule has 0 bridgehead atoms. The first-order valence-corrected chi connectivity index (χ1v) is 10.8. The van der Waals surface area contributed by atoms with Crippen LogP contribution >= 0.6 is 11.6 Å². The molecule has 0 saturated carbocycles. The molecule has 9 heteroatoms. The second-order valence-corrected chi connectivity index (χ2v) is 10.1. The van der Waals surface area contributed by atoms with E-state index < -0.39 is 32.4 Å². The number of hydrogen-bond acceptors (Lipinski definition) is 4. The van der Waals surface area contributed by atoms with E-state index in [1.165, 1.54) is 6.07 Å². The van der Waals surface area contributed by atoms with E-state index in [0.717, 1.165) is 12.1 Å². The molecule has 2 aromatic rings. The zero-order valence-electron chi connectivity index (χ0n) is 15.6. The Morgan fingerprint density at radius 2 is 1.90 bits per heavy atom. The van der Waals surface area contributed by atoms with Crippen molar-refractivity contribution < 1.29 is 31.1 Å². The third kappa shape index (κ3) is 4.87. The average Bonchev–Trinajstić information content (AvgIpc) is 2.67. The second-order valence-electron chi connectivity index (χ2n) is 7.19. The van der Waals surface area contributed by atoms with Crippen LogP contribution in [-0.4, -0.2) is 32.5 Å². The van der Waals surface area contributed by atoms with E-state index >= 15 is 0 Å². The smallest absolute Gasteiger partial charge is 0.416 e. The van der Waals surface area contributed by atoms with Crippen LogP contribution < -0.4 is 4.74 Å². The Labute approximate surface area is 172 Å². The summed E-state index contributed by atoms with van der Waals surface area (Å²) in [5, 5.41) is 0.561. The number of rotatable bonds is 5. The molecule has 158 valence electrons. The summed E-state index contributed by atoms with van der Waals surface area (Å²) in [6, 6.07) is 10.6. The van der Waals surface area contributed by atoms with Gasteiger partial charge in [0.2, 0.25) is 0 Å². The van der Waals surface area contributed by atoms with Crippen LogP contribution in [0.4, 0.5) is 13.2 Å². The van der Waals surface area contributed by atoms with Crippen LogP contribution in [0.5, 0.6) is 5.75 Å². The van der Waals surface area contributed by atoms with Gasteiger partial charge in [-0.15, -0.1) is 0 Å². The lowest BCUT2D eigenvalue weighted by molar-refractivity contribution is -0.137. The van der Waals surface area contributed by atoms with Crippen LogP contribution in [0.2, 0.25) is 5.02 Å². The van der Waals surface area contributed by atoms with Crippen LogP contribution in [-0.2, 0) is 20.8 Å². The quantitative estimate of drug-likeness (QED) is 0.634. The number of sulfone groups is 1. The Hall–Kier alpha value is -1.77. The van der Waals surface area contributed by atoms with E-state index in [9.17, 15) is 21.6 Å². The number of alkyl halides is 3. The standard InChI is InChI=1S/C20H20ClF3O4S/c1-19(29(25,26)18-4-2-3-14(11-18)20(22,23)24)9-10-27-17(12-19)13-28-16-7-5-15(21)6-8-16/h2-8,11,17H,9-10,12-13H2,1H3. The molecular formula is C20H20ClF3O4S. The zero-order chi connectivity index (χ0) is 21.3. The molecule has 1 aliphatic heterocycles. The highest BCUT2D eigenvalue weighted by molar-refractivity contribution is 7.92. The molecule has 1 fully saturated rings. The van der Waals surface area contributed by atoms with Crippen molar-refractivity contribution in [2.75, 3.05) is 13.2 Å². The Balaban J connectivity index is 1.77. The lowest BCUT2D eigenvalue weighted by Crippen LogP contribution is -2.46. The van der Waals surface area contributed by atoms with E-state index in [1.807, 2.05) is 0 Å². The molecule has 2 atom stereocenters. The number of benzene rings is 2. The summed E-state index contributed by atoms with van der Waals surface area (Å²) >= 11 is 5.83. The summed E-state index contributed by atoms with van der Waals surface area (Å²) in [6.07, 6.45) is -4.83. The highest BCUT2D eigenvalue weighted by atomic mass is 35.5. The number of halogens is 4. The summed E-state index contributed by atoms with van der Waals surface area (Å²) in [7, 11) is -4.02. The Morgan fingerprint density at radius 1 is 1.21 bits per heavy atom. The Bertz CT molecular complexity index is 960. The molecule has 1 aliphatic rings. The molecule has 2 unspecified atom stereocenters. The average molecular weight is 449 g/mol. The number of hydrogen-bond donors (Lipinski definition) is 0. The third-order valence-electron chi connectivity index (χ3n) is 5.01. The van der Waals surface area contributed by atoms with Crippen molar-refractivity contribution in [2.24, 2.45) is 0 Å². The highest BCUT2D eigenvalue weighted by Crippen LogP contribution is 2.38. The van der Waals surface area contributed by atoms with Crippen molar-refractivity contribution in [2.45, 2.75) is 41.7 Å². The molecule has 0 N–H and O–H groups in total. The van der Waals surface area contributed by atoms with Crippen LogP contribution in [0.25, 0.3) is 0 Å². The fourth-order valence-electron chi connectivity index (χ4n) is 3.28. The van der Waals surface area contributed by atoms with E-state index in [0.29, 0.717) is 16.8 Å². The van der Waals surface area contributed by atoms with Crippen molar-refractivity contribution in [1.82, 2.24) is 0 Å². The fourth-order valence-corrected chi connectivity index (χ4v) is 5.27. The predicted molar refractivity (Wildman–Crippen MR) is 103 cm³/mol. The van der Waals surface area contributed by atoms with Crippen molar-refractivity contribution in [3.8, 4) is 5.75 Å². The van der Waals surface area contributed by atoms with E-state index in [1.54, 1.807) is 31.2 Å². The molecular weight excluding hydrogens is 429 g/mol. The number of ether oxygens (including phenoxy) is 2. The molecule has 0 aliphatic carbocycles. The predicted octanol–water partition coefficient (Wildman–Crippen LogP) is 5.15. The van der Waals surface area contributed by atoms with Crippen molar-refractivity contribution in [1.29, 1.82) is 0 Å². The fraction of sp³-hybridized carbons (Fsp3) is 0.400. The van der Waals surface area contributed by atoms with Gasteiger partial charge in [-0.2, -0.15) is 13.2 Å². The van der Waals surface area contributed by atoms with Crippen molar-refractivity contribution in [3.63, 3.8) is 0 Å². The van der Waals surface area contributed by atoms with Gasteiger partial charge < -0.3 is 9.47 Å². The lowest BCUT2D eigenvalue weighted by atomic mass is 9.97. The van der Waals surface area contributed by atoms with Gasteiger partial charge in [0.05, 0.1) is 21.3 Å². The van der Waals surface area contributed by atoms with Gasteiger partial charge in [-0.3, -0.25) is 0 Å². The molecule has 0 radical (unpaired) electrons. The SMILES string of the molecule is CC1(S(=O)(=O)c2cccc(C(F)(F)F)c2)CCOC(COc2ccc(Cl)cc2)C1. The van der Waals surface area contributed by atoms with Gasteiger partial charge in [0.1, 0.15) is 12.4 Å². The van der Waals surface area contributed by atoms with Gasteiger partial charge in [0.25, 0.3) is 0 Å². The minimum Gasteiger partial charge on any atom is -0.491 e. The van der Waals surface area contributed by atoms with Crippen LogP contribution in [0.1, 0.15) is 25.3 Å². The third-order valence-corrected chi connectivity index (χ3v) is 7.81. The molecule has 3 rings (SSSR count). The minimum atomic E-state index is -4.61. The molecule has 0 spiro atoms. The van der Waals surface area contributed by atoms with Crippen molar-refractivity contribution in [3.05, 3.63) is 59.1 Å². The van der Waals surface area contributed by atoms with Gasteiger partial charge >= 0.3 is 6.18 Å². The molecule has 0 amide bonds. The summed E-state index contributed by atoms with van der Waals surface area (Å²) in [5.74, 6) is 0.561. The molecule has 0 aromatic heterocycles. The molecule has 29 heavy (non-hydrogen) atoms. The zero-order valence-corrected chi connectivity index (χ0v) is 17.2. The molecule has 2 aromatic carbocycles. The minimum absolute atomic E-state index is 0.110.